The maximum Gasteiger partial charge on any atom is 0.125 e. The first-order chi connectivity index (χ1) is 5.38. The standard InChI is InChI=1S/C8H11NO2/c9-4-1-2-8-7(6-10)3-5-11-8/h6-8H,1-3,5H2/t7-,8+/m0/s1. The van der Waals surface area contributed by atoms with E-state index in [1.165, 1.54) is 0 Å². The molecule has 0 aliphatic carbocycles. The molecule has 3 nitrogen and oxygen atoms in total. The van der Waals surface area contributed by atoms with Crippen LogP contribution >= 0.6 is 0 Å². The zero-order valence-corrected chi connectivity index (χ0v) is 6.32. The fourth-order valence-electron chi connectivity index (χ4n) is 1.32. The first kappa shape index (κ1) is 8.22. The highest BCUT2D eigenvalue weighted by Gasteiger charge is 2.26. The van der Waals surface area contributed by atoms with E-state index < -0.39 is 0 Å². The highest BCUT2D eigenvalue weighted by molar-refractivity contribution is 5.54. The van der Waals surface area contributed by atoms with Gasteiger partial charge in [0.2, 0.25) is 0 Å². The zero-order chi connectivity index (χ0) is 8.10. The monoisotopic (exact) mass is 153 g/mol. The number of carbonyl (C=O) groups is 1. The third kappa shape index (κ3) is 2.02. The SMILES string of the molecule is N#CCC[C@H]1OCC[C@H]1C=O. The van der Waals surface area contributed by atoms with E-state index in [1.807, 2.05) is 6.07 Å². The quantitative estimate of drug-likeness (QED) is 0.566. The Labute approximate surface area is 66.0 Å². The Hall–Kier alpha value is -0.880. The van der Waals surface area contributed by atoms with Gasteiger partial charge in [0.25, 0.3) is 0 Å². The number of nitrogens with zero attached hydrogens (tertiary/aromatic N) is 1. The van der Waals surface area contributed by atoms with Crippen LogP contribution in [0.3, 0.4) is 0 Å². The predicted molar refractivity (Wildman–Crippen MR) is 38.8 cm³/mol. The number of rotatable bonds is 3. The summed E-state index contributed by atoms with van der Waals surface area (Å²) < 4.78 is 5.28. The molecule has 0 spiro atoms. The number of nitriles is 1. The van der Waals surface area contributed by atoms with Crippen molar-refractivity contribution in [3.05, 3.63) is 0 Å². The Balaban J connectivity index is 2.32. The van der Waals surface area contributed by atoms with E-state index in [0.29, 0.717) is 19.4 Å². The van der Waals surface area contributed by atoms with Gasteiger partial charge in [0.1, 0.15) is 6.29 Å². The summed E-state index contributed by atoms with van der Waals surface area (Å²) in [4.78, 5) is 10.4. The minimum Gasteiger partial charge on any atom is -0.377 e. The average molecular weight is 153 g/mol. The normalized spacial score (nSPS) is 29.7. The molecule has 1 aliphatic rings. The molecule has 11 heavy (non-hydrogen) atoms. The molecule has 0 radical (unpaired) electrons. The van der Waals surface area contributed by atoms with E-state index in [-0.39, 0.29) is 12.0 Å². The number of hydrogen-bond acceptors (Lipinski definition) is 3. The van der Waals surface area contributed by atoms with Crippen LogP contribution in [-0.2, 0) is 9.53 Å². The molecule has 0 amide bonds. The fraction of sp³-hybridized carbons (Fsp3) is 0.750. The second-order valence-electron chi connectivity index (χ2n) is 2.69. The van der Waals surface area contributed by atoms with Crippen LogP contribution < -0.4 is 0 Å². The van der Waals surface area contributed by atoms with E-state index >= 15 is 0 Å². The second kappa shape index (κ2) is 4.09. The lowest BCUT2D eigenvalue weighted by Crippen LogP contribution is -2.16. The first-order valence-corrected chi connectivity index (χ1v) is 3.82. The van der Waals surface area contributed by atoms with Gasteiger partial charge in [-0.3, -0.25) is 0 Å². The molecule has 0 N–H and O–H groups in total. The number of hydrogen-bond donors (Lipinski definition) is 0. The van der Waals surface area contributed by atoms with Crippen molar-refractivity contribution in [3.8, 4) is 6.07 Å². The molecule has 0 aromatic heterocycles. The predicted octanol–water partition coefficient (Wildman–Crippen LogP) is 0.894. The van der Waals surface area contributed by atoms with Gasteiger partial charge in [0.05, 0.1) is 12.2 Å². The zero-order valence-electron chi connectivity index (χ0n) is 6.32. The largest absolute Gasteiger partial charge is 0.377 e. The first-order valence-electron chi connectivity index (χ1n) is 3.82. The van der Waals surface area contributed by atoms with Crippen LogP contribution in [0.15, 0.2) is 0 Å². The molecule has 1 aliphatic heterocycles. The van der Waals surface area contributed by atoms with Crippen molar-refractivity contribution in [2.45, 2.75) is 25.4 Å². The highest BCUT2D eigenvalue weighted by atomic mass is 16.5. The number of ether oxygens (including phenoxy) is 1. The Morgan fingerprint density at radius 3 is 3.18 bits per heavy atom. The van der Waals surface area contributed by atoms with Gasteiger partial charge in [-0.25, -0.2) is 0 Å². The third-order valence-corrected chi connectivity index (χ3v) is 1.98. The Bertz CT molecular complexity index is 173. The van der Waals surface area contributed by atoms with Crippen LogP contribution in [-0.4, -0.2) is 19.0 Å². The molecule has 0 unspecified atom stereocenters. The minimum atomic E-state index is 0.00662. The van der Waals surface area contributed by atoms with Crippen molar-refractivity contribution < 1.29 is 9.53 Å². The Kier molecular flexibility index (Phi) is 3.06. The van der Waals surface area contributed by atoms with Crippen molar-refractivity contribution in [2.75, 3.05) is 6.61 Å². The molecule has 0 aromatic rings. The number of carbonyl (C=O) groups excluding carboxylic acids is 1. The molecular formula is C8H11NO2. The topological polar surface area (TPSA) is 50.1 Å². The molecule has 1 heterocycles. The van der Waals surface area contributed by atoms with Gasteiger partial charge < -0.3 is 9.53 Å². The summed E-state index contributed by atoms with van der Waals surface area (Å²) in [5, 5.41) is 8.29. The van der Waals surface area contributed by atoms with Gasteiger partial charge in [-0.05, 0) is 12.8 Å². The summed E-state index contributed by atoms with van der Waals surface area (Å²) in [7, 11) is 0. The van der Waals surface area contributed by atoms with Gasteiger partial charge in [-0.1, -0.05) is 0 Å². The molecule has 60 valence electrons. The van der Waals surface area contributed by atoms with Crippen molar-refractivity contribution in [1.82, 2.24) is 0 Å². The van der Waals surface area contributed by atoms with E-state index in [9.17, 15) is 4.79 Å². The summed E-state index contributed by atoms with van der Waals surface area (Å²) in [6.07, 6.45) is 2.94. The molecule has 3 heteroatoms. The Morgan fingerprint density at radius 1 is 1.73 bits per heavy atom. The van der Waals surface area contributed by atoms with Gasteiger partial charge in [0, 0.05) is 18.9 Å². The van der Waals surface area contributed by atoms with Gasteiger partial charge >= 0.3 is 0 Å². The lowest BCUT2D eigenvalue weighted by atomic mass is 10.00. The van der Waals surface area contributed by atoms with E-state index in [4.69, 9.17) is 10.00 Å². The molecule has 1 saturated heterocycles. The van der Waals surface area contributed by atoms with Gasteiger partial charge in [-0.2, -0.15) is 5.26 Å². The van der Waals surface area contributed by atoms with Crippen molar-refractivity contribution in [3.63, 3.8) is 0 Å². The van der Waals surface area contributed by atoms with Crippen molar-refractivity contribution in [1.29, 1.82) is 5.26 Å². The summed E-state index contributed by atoms with van der Waals surface area (Å²) in [5.74, 6) is 0.0309. The fourth-order valence-corrected chi connectivity index (χ4v) is 1.32. The molecule has 0 aromatic carbocycles. The molecule has 2 atom stereocenters. The smallest absolute Gasteiger partial charge is 0.125 e. The van der Waals surface area contributed by atoms with Crippen LogP contribution in [0.25, 0.3) is 0 Å². The molecule has 0 saturated carbocycles. The van der Waals surface area contributed by atoms with Gasteiger partial charge in [0.15, 0.2) is 0 Å². The van der Waals surface area contributed by atoms with Crippen molar-refractivity contribution >= 4 is 6.29 Å². The maximum atomic E-state index is 10.4. The highest BCUT2D eigenvalue weighted by Crippen LogP contribution is 2.22. The lowest BCUT2D eigenvalue weighted by molar-refractivity contribution is -0.112. The van der Waals surface area contributed by atoms with Crippen LogP contribution in [0.5, 0.6) is 0 Å². The van der Waals surface area contributed by atoms with E-state index in [0.717, 1.165) is 12.7 Å². The van der Waals surface area contributed by atoms with Crippen LogP contribution in [0.1, 0.15) is 19.3 Å². The van der Waals surface area contributed by atoms with Gasteiger partial charge in [-0.15, -0.1) is 0 Å². The Morgan fingerprint density at radius 2 is 2.55 bits per heavy atom. The van der Waals surface area contributed by atoms with Crippen LogP contribution in [0.2, 0.25) is 0 Å². The summed E-state index contributed by atoms with van der Waals surface area (Å²) in [6.45, 7) is 0.666. The summed E-state index contributed by atoms with van der Waals surface area (Å²) in [6, 6.07) is 2.04. The summed E-state index contributed by atoms with van der Waals surface area (Å²) >= 11 is 0. The summed E-state index contributed by atoms with van der Waals surface area (Å²) in [5.41, 5.74) is 0. The van der Waals surface area contributed by atoms with E-state index in [2.05, 4.69) is 0 Å². The van der Waals surface area contributed by atoms with E-state index in [1.54, 1.807) is 0 Å². The van der Waals surface area contributed by atoms with Crippen LogP contribution in [0, 0.1) is 17.2 Å². The maximum absolute atomic E-state index is 10.4. The minimum absolute atomic E-state index is 0.00662. The lowest BCUT2D eigenvalue weighted by Gasteiger charge is -2.10. The average Bonchev–Trinajstić information content (AvgIpc) is 2.47. The molecule has 1 rings (SSSR count). The van der Waals surface area contributed by atoms with Crippen molar-refractivity contribution in [2.24, 2.45) is 5.92 Å². The molecule has 1 fully saturated rings. The third-order valence-electron chi connectivity index (χ3n) is 1.98. The van der Waals surface area contributed by atoms with Crippen LogP contribution in [0.4, 0.5) is 0 Å². The molecule has 0 bridgehead atoms. The molecular weight excluding hydrogens is 142 g/mol. The number of aldehydes is 1. The second-order valence-corrected chi connectivity index (χ2v) is 2.69.